The molecule has 1 amide bonds. The van der Waals surface area contributed by atoms with Gasteiger partial charge in [0.15, 0.2) is 0 Å². The van der Waals surface area contributed by atoms with E-state index >= 15 is 0 Å². The summed E-state index contributed by atoms with van der Waals surface area (Å²) in [5.74, 6) is 0.566. The molecule has 0 spiro atoms. The van der Waals surface area contributed by atoms with E-state index in [9.17, 15) is 4.79 Å². The maximum absolute atomic E-state index is 12.1. The molecule has 1 fully saturated rings. The minimum absolute atomic E-state index is 0.00611. The number of nitrogens with zero attached hydrogens (tertiary/aromatic N) is 2. The van der Waals surface area contributed by atoms with Gasteiger partial charge in [-0.05, 0) is 13.0 Å². The third-order valence-corrected chi connectivity index (χ3v) is 3.19. The van der Waals surface area contributed by atoms with Crippen molar-refractivity contribution in [2.45, 2.75) is 13.8 Å². The second kappa shape index (κ2) is 5.47. The minimum atomic E-state index is -0.00611. The number of hydrogen-bond donors (Lipinski definition) is 1. The topological polar surface area (TPSA) is 49.6 Å². The molecule has 4 nitrogen and oxygen atoms in total. The van der Waals surface area contributed by atoms with Crippen LogP contribution in [0.2, 0.25) is 0 Å². The molecule has 1 saturated heterocycles. The van der Waals surface area contributed by atoms with E-state index in [0.717, 1.165) is 26.2 Å². The summed E-state index contributed by atoms with van der Waals surface area (Å²) in [6.07, 6.45) is 0. The lowest BCUT2D eigenvalue weighted by Crippen LogP contribution is -2.50. The van der Waals surface area contributed by atoms with Gasteiger partial charge in [-0.3, -0.25) is 4.79 Å². The third kappa shape index (κ3) is 3.18. The molecule has 15 heavy (non-hydrogen) atoms. The largest absolute Gasteiger partial charge is 0.340 e. The maximum atomic E-state index is 12.1. The molecule has 0 radical (unpaired) electrons. The van der Waals surface area contributed by atoms with Gasteiger partial charge in [0.05, 0.1) is 5.92 Å². The number of nitrogens with two attached hydrogens (primary N) is 1. The molecule has 2 N–H and O–H groups in total. The number of carbonyl (C=O) groups excluding carboxylic acids is 1. The first kappa shape index (κ1) is 12.5. The summed E-state index contributed by atoms with van der Waals surface area (Å²) in [4.78, 5) is 16.3. The Bertz CT molecular complexity index is 210. The first-order valence-electron chi connectivity index (χ1n) is 5.73. The Morgan fingerprint density at radius 3 is 2.20 bits per heavy atom. The number of hydrogen-bond acceptors (Lipinski definition) is 3. The summed E-state index contributed by atoms with van der Waals surface area (Å²) >= 11 is 0. The van der Waals surface area contributed by atoms with Crippen LogP contribution >= 0.6 is 0 Å². The van der Waals surface area contributed by atoms with Crippen LogP contribution in [0.15, 0.2) is 0 Å². The fraction of sp³-hybridized carbons (Fsp3) is 0.909. The van der Waals surface area contributed by atoms with Crippen LogP contribution in [0, 0.1) is 11.8 Å². The highest BCUT2D eigenvalue weighted by Crippen LogP contribution is 2.14. The highest BCUT2D eigenvalue weighted by Gasteiger charge is 2.27. The van der Waals surface area contributed by atoms with Gasteiger partial charge < -0.3 is 15.5 Å². The lowest BCUT2D eigenvalue weighted by molar-refractivity contribution is -0.138. The number of amides is 1. The molecule has 0 bridgehead atoms. The molecule has 1 heterocycles. The Labute approximate surface area is 92.4 Å². The summed E-state index contributed by atoms with van der Waals surface area (Å²) in [6.45, 7) is 8.22. The first-order chi connectivity index (χ1) is 7.06. The van der Waals surface area contributed by atoms with E-state index in [2.05, 4.69) is 25.8 Å². The smallest absolute Gasteiger partial charge is 0.227 e. The maximum Gasteiger partial charge on any atom is 0.227 e. The van der Waals surface area contributed by atoms with Gasteiger partial charge in [-0.2, -0.15) is 0 Å². The molecule has 0 saturated carbocycles. The fourth-order valence-corrected chi connectivity index (χ4v) is 1.92. The van der Waals surface area contributed by atoms with Gasteiger partial charge in [0.2, 0.25) is 5.91 Å². The SMILES string of the molecule is CC(C)C(CN)C(=O)N1CCN(C)CC1. The quantitative estimate of drug-likeness (QED) is 0.717. The average Bonchev–Trinajstić information content (AvgIpc) is 2.19. The van der Waals surface area contributed by atoms with Crippen LogP contribution < -0.4 is 5.73 Å². The Hall–Kier alpha value is -0.610. The van der Waals surface area contributed by atoms with Gasteiger partial charge in [-0.25, -0.2) is 0 Å². The Balaban J connectivity index is 2.52. The molecule has 1 atom stereocenters. The van der Waals surface area contributed by atoms with Crippen molar-refractivity contribution in [2.24, 2.45) is 17.6 Å². The molecule has 1 aliphatic rings. The zero-order valence-electron chi connectivity index (χ0n) is 10.1. The van der Waals surface area contributed by atoms with Gasteiger partial charge in [0.25, 0.3) is 0 Å². The van der Waals surface area contributed by atoms with E-state index < -0.39 is 0 Å². The van der Waals surface area contributed by atoms with Crippen LogP contribution in [0.3, 0.4) is 0 Å². The molecular formula is C11H23N3O. The van der Waals surface area contributed by atoms with Crippen molar-refractivity contribution in [2.75, 3.05) is 39.8 Å². The van der Waals surface area contributed by atoms with Crippen molar-refractivity contribution in [1.82, 2.24) is 9.80 Å². The molecule has 88 valence electrons. The predicted octanol–water partition coefficient (Wildman–Crippen LogP) is -0.00870. The van der Waals surface area contributed by atoms with Crippen LogP contribution in [0.1, 0.15) is 13.8 Å². The number of piperazine rings is 1. The van der Waals surface area contributed by atoms with Gasteiger partial charge in [-0.15, -0.1) is 0 Å². The lowest BCUT2D eigenvalue weighted by Gasteiger charge is -2.35. The van der Waals surface area contributed by atoms with Crippen molar-refractivity contribution in [3.05, 3.63) is 0 Å². The van der Waals surface area contributed by atoms with Crippen molar-refractivity contribution in [3.8, 4) is 0 Å². The second-order valence-electron chi connectivity index (χ2n) is 4.71. The van der Waals surface area contributed by atoms with E-state index in [1.807, 2.05) is 4.90 Å². The molecule has 0 aromatic rings. The van der Waals surface area contributed by atoms with Gasteiger partial charge in [0.1, 0.15) is 0 Å². The minimum Gasteiger partial charge on any atom is -0.340 e. The molecule has 0 aromatic carbocycles. The highest BCUT2D eigenvalue weighted by atomic mass is 16.2. The van der Waals surface area contributed by atoms with E-state index in [4.69, 9.17) is 5.73 Å². The van der Waals surface area contributed by atoms with Crippen LogP contribution in [0.25, 0.3) is 0 Å². The zero-order valence-corrected chi connectivity index (χ0v) is 10.1. The summed E-state index contributed by atoms with van der Waals surface area (Å²) in [6, 6.07) is 0. The molecule has 0 aliphatic carbocycles. The summed E-state index contributed by atoms with van der Waals surface area (Å²) in [5, 5.41) is 0. The van der Waals surface area contributed by atoms with E-state index in [0.29, 0.717) is 12.5 Å². The van der Waals surface area contributed by atoms with E-state index in [-0.39, 0.29) is 11.8 Å². The van der Waals surface area contributed by atoms with Crippen LogP contribution in [-0.4, -0.2) is 55.5 Å². The highest BCUT2D eigenvalue weighted by molar-refractivity contribution is 5.79. The second-order valence-corrected chi connectivity index (χ2v) is 4.71. The fourth-order valence-electron chi connectivity index (χ4n) is 1.92. The zero-order chi connectivity index (χ0) is 11.4. The van der Waals surface area contributed by atoms with Crippen molar-refractivity contribution < 1.29 is 4.79 Å². The van der Waals surface area contributed by atoms with Crippen molar-refractivity contribution in [3.63, 3.8) is 0 Å². The normalized spacial score (nSPS) is 20.7. The average molecular weight is 213 g/mol. The lowest BCUT2D eigenvalue weighted by atomic mass is 9.94. The summed E-state index contributed by atoms with van der Waals surface area (Å²) in [7, 11) is 2.09. The molecule has 4 heteroatoms. The summed E-state index contributed by atoms with van der Waals surface area (Å²) in [5.41, 5.74) is 5.65. The van der Waals surface area contributed by atoms with E-state index in [1.54, 1.807) is 0 Å². The van der Waals surface area contributed by atoms with E-state index in [1.165, 1.54) is 0 Å². The Morgan fingerprint density at radius 1 is 1.27 bits per heavy atom. The standard InChI is InChI=1S/C11H23N3O/c1-9(2)10(8-12)11(15)14-6-4-13(3)5-7-14/h9-10H,4-8,12H2,1-3H3. The van der Waals surface area contributed by atoms with Gasteiger partial charge in [-0.1, -0.05) is 13.8 Å². The van der Waals surface area contributed by atoms with Crippen LogP contribution in [0.5, 0.6) is 0 Å². The molecule has 1 aliphatic heterocycles. The van der Waals surface area contributed by atoms with Crippen LogP contribution in [-0.2, 0) is 4.79 Å². The van der Waals surface area contributed by atoms with Crippen LogP contribution in [0.4, 0.5) is 0 Å². The van der Waals surface area contributed by atoms with Crippen molar-refractivity contribution in [1.29, 1.82) is 0 Å². The molecule has 0 aromatic heterocycles. The number of likely N-dealkylation sites (N-methyl/N-ethyl adjacent to an activating group) is 1. The van der Waals surface area contributed by atoms with Gasteiger partial charge in [0, 0.05) is 32.7 Å². The Kier molecular flexibility index (Phi) is 4.54. The first-order valence-corrected chi connectivity index (χ1v) is 5.73. The molecule has 1 unspecified atom stereocenters. The van der Waals surface area contributed by atoms with Crippen molar-refractivity contribution >= 4 is 5.91 Å². The third-order valence-electron chi connectivity index (χ3n) is 3.19. The monoisotopic (exact) mass is 213 g/mol. The van der Waals surface area contributed by atoms with Gasteiger partial charge >= 0.3 is 0 Å². The molecular weight excluding hydrogens is 190 g/mol. The Morgan fingerprint density at radius 2 is 1.80 bits per heavy atom. The number of carbonyl (C=O) groups is 1. The predicted molar refractivity (Wildman–Crippen MR) is 61.5 cm³/mol. The molecule has 1 rings (SSSR count). The number of rotatable bonds is 3. The summed E-state index contributed by atoms with van der Waals surface area (Å²) < 4.78 is 0.